The standard InChI is InChI=1S/C23H15Cl2F3N2O3S2/c1-12-10-30(11-13-2-4-18(27)19(28)6-13)22-14(7-15(26)8-16(12)22)3-5-20(31)29-35(32,33)21-9-17(24)23(25)34-21/h2-10H,11H2,1H3,(H,29,31)/b5-3+. The van der Waals surface area contributed by atoms with E-state index in [0.717, 1.165) is 29.8 Å². The number of halogens is 5. The van der Waals surface area contributed by atoms with Gasteiger partial charge in [-0.3, -0.25) is 4.79 Å². The zero-order valence-electron chi connectivity index (χ0n) is 17.8. The van der Waals surface area contributed by atoms with Crippen LogP contribution in [0.4, 0.5) is 13.2 Å². The van der Waals surface area contributed by atoms with E-state index in [1.54, 1.807) is 17.7 Å². The molecule has 0 aliphatic rings. The van der Waals surface area contributed by atoms with Gasteiger partial charge < -0.3 is 4.57 Å². The minimum atomic E-state index is -4.22. The smallest absolute Gasteiger partial charge is 0.273 e. The Morgan fingerprint density at radius 2 is 1.86 bits per heavy atom. The summed E-state index contributed by atoms with van der Waals surface area (Å²) < 4.78 is 69.5. The number of carbonyl (C=O) groups excluding carboxylic acids is 1. The number of nitrogens with one attached hydrogen (secondary N) is 1. The van der Waals surface area contributed by atoms with Crippen molar-refractivity contribution < 1.29 is 26.4 Å². The maximum atomic E-state index is 14.3. The average molecular weight is 559 g/mol. The summed E-state index contributed by atoms with van der Waals surface area (Å²) in [5.74, 6) is -3.51. The van der Waals surface area contributed by atoms with E-state index >= 15 is 0 Å². The molecule has 2 heterocycles. The highest BCUT2D eigenvalue weighted by molar-refractivity contribution is 7.92. The first-order valence-corrected chi connectivity index (χ1v) is 12.9. The van der Waals surface area contributed by atoms with E-state index < -0.39 is 33.4 Å². The maximum Gasteiger partial charge on any atom is 0.273 e. The number of rotatable bonds is 6. The first-order chi connectivity index (χ1) is 16.4. The molecule has 0 bridgehead atoms. The number of thiophene rings is 1. The highest BCUT2D eigenvalue weighted by Crippen LogP contribution is 2.34. The van der Waals surface area contributed by atoms with Crippen molar-refractivity contribution in [2.24, 2.45) is 0 Å². The number of hydrogen-bond acceptors (Lipinski definition) is 4. The molecule has 5 nitrogen and oxygen atoms in total. The Kier molecular flexibility index (Phi) is 7.01. The summed E-state index contributed by atoms with van der Waals surface area (Å²) in [6.07, 6.45) is 3.94. The fourth-order valence-electron chi connectivity index (χ4n) is 3.54. The Morgan fingerprint density at radius 3 is 2.51 bits per heavy atom. The number of carbonyl (C=O) groups is 1. The Morgan fingerprint density at radius 1 is 1.11 bits per heavy atom. The molecular weight excluding hydrogens is 544 g/mol. The summed E-state index contributed by atoms with van der Waals surface area (Å²) in [7, 11) is -4.22. The van der Waals surface area contributed by atoms with E-state index in [9.17, 15) is 26.4 Å². The van der Waals surface area contributed by atoms with Gasteiger partial charge in [0.05, 0.1) is 10.5 Å². The highest BCUT2D eigenvalue weighted by Gasteiger charge is 2.21. The maximum absolute atomic E-state index is 14.3. The van der Waals surface area contributed by atoms with Crippen molar-refractivity contribution in [3.8, 4) is 0 Å². The van der Waals surface area contributed by atoms with Crippen molar-refractivity contribution in [1.29, 1.82) is 0 Å². The number of aromatic nitrogens is 1. The van der Waals surface area contributed by atoms with Crippen molar-refractivity contribution in [2.75, 3.05) is 0 Å². The quantitative estimate of drug-likeness (QED) is 0.282. The van der Waals surface area contributed by atoms with Gasteiger partial charge in [0.2, 0.25) is 0 Å². The van der Waals surface area contributed by atoms with Crippen molar-refractivity contribution in [1.82, 2.24) is 9.29 Å². The lowest BCUT2D eigenvalue weighted by molar-refractivity contribution is -0.114. The van der Waals surface area contributed by atoms with Crippen molar-refractivity contribution in [3.05, 3.63) is 92.2 Å². The van der Waals surface area contributed by atoms with E-state index in [-0.39, 0.29) is 25.7 Å². The van der Waals surface area contributed by atoms with Crippen LogP contribution in [0.5, 0.6) is 0 Å². The molecule has 182 valence electrons. The van der Waals surface area contributed by atoms with Gasteiger partial charge in [0.1, 0.15) is 14.4 Å². The Bertz CT molecular complexity index is 1590. The van der Waals surface area contributed by atoms with Gasteiger partial charge in [-0.15, -0.1) is 11.3 Å². The van der Waals surface area contributed by atoms with Gasteiger partial charge in [0.15, 0.2) is 11.6 Å². The minimum absolute atomic E-state index is 0.0411. The average Bonchev–Trinajstić information content (AvgIpc) is 3.28. The molecule has 0 saturated carbocycles. The molecule has 0 radical (unpaired) electrons. The van der Waals surface area contributed by atoms with Gasteiger partial charge in [0.25, 0.3) is 15.9 Å². The molecule has 0 aliphatic carbocycles. The van der Waals surface area contributed by atoms with Gasteiger partial charge in [-0.1, -0.05) is 29.3 Å². The van der Waals surface area contributed by atoms with Gasteiger partial charge in [-0.2, -0.15) is 0 Å². The summed E-state index contributed by atoms with van der Waals surface area (Å²) in [6.45, 7) is 1.90. The molecule has 2 aromatic heterocycles. The predicted molar refractivity (Wildman–Crippen MR) is 131 cm³/mol. The lowest BCUT2D eigenvalue weighted by Crippen LogP contribution is -2.28. The third-order valence-electron chi connectivity index (χ3n) is 5.04. The van der Waals surface area contributed by atoms with Crippen LogP contribution in [0.2, 0.25) is 9.36 Å². The highest BCUT2D eigenvalue weighted by atomic mass is 35.5. The lowest BCUT2D eigenvalue weighted by Gasteiger charge is -2.09. The fourth-order valence-corrected chi connectivity index (χ4v) is 6.36. The summed E-state index contributed by atoms with van der Waals surface area (Å²) in [5.41, 5.74) is 2.00. The number of benzene rings is 2. The molecule has 4 aromatic rings. The Labute approximate surface area is 212 Å². The SMILES string of the molecule is Cc1cn(Cc2ccc(F)c(F)c2)c2c(/C=C/C(=O)NS(=O)(=O)c3cc(Cl)c(Cl)s3)cc(F)cc12. The number of sulfonamides is 1. The summed E-state index contributed by atoms with van der Waals surface area (Å²) in [5, 5.41) is 0.586. The van der Waals surface area contributed by atoms with Crippen LogP contribution in [0.3, 0.4) is 0 Å². The number of fused-ring (bicyclic) bond motifs is 1. The Balaban J connectivity index is 1.66. The van der Waals surface area contributed by atoms with Crippen LogP contribution >= 0.6 is 34.5 Å². The van der Waals surface area contributed by atoms with Crippen molar-refractivity contribution in [3.63, 3.8) is 0 Å². The van der Waals surface area contributed by atoms with Gasteiger partial charge >= 0.3 is 0 Å². The van der Waals surface area contributed by atoms with Gasteiger partial charge in [0, 0.05) is 29.8 Å². The second-order valence-corrected chi connectivity index (χ2v) is 11.5. The monoisotopic (exact) mass is 558 g/mol. The fraction of sp³-hybridized carbons (Fsp3) is 0.0870. The molecule has 0 atom stereocenters. The number of aryl methyl sites for hydroxylation is 1. The van der Waals surface area contributed by atoms with Crippen molar-refractivity contribution >= 4 is 67.4 Å². The molecule has 1 amide bonds. The molecule has 2 aromatic carbocycles. The molecule has 0 saturated heterocycles. The molecule has 0 unspecified atom stereocenters. The van der Waals surface area contributed by atoms with Crippen LogP contribution in [0.25, 0.3) is 17.0 Å². The second kappa shape index (κ2) is 9.69. The molecule has 0 aliphatic heterocycles. The first-order valence-electron chi connectivity index (χ1n) is 9.87. The molecule has 1 N–H and O–H groups in total. The van der Waals surface area contributed by atoms with E-state index in [2.05, 4.69) is 0 Å². The van der Waals surface area contributed by atoms with E-state index in [1.165, 1.54) is 24.3 Å². The molecular formula is C23H15Cl2F3N2O3S2. The number of hydrogen-bond donors (Lipinski definition) is 1. The molecule has 35 heavy (non-hydrogen) atoms. The molecule has 0 fully saturated rings. The summed E-state index contributed by atoms with van der Waals surface area (Å²) in [4.78, 5) is 12.4. The zero-order valence-corrected chi connectivity index (χ0v) is 20.9. The van der Waals surface area contributed by atoms with E-state index in [0.29, 0.717) is 27.8 Å². The van der Waals surface area contributed by atoms with Gasteiger partial charge in [-0.25, -0.2) is 26.3 Å². The third kappa shape index (κ3) is 5.40. The molecule has 4 rings (SSSR count). The molecule has 12 heteroatoms. The number of nitrogens with zero attached hydrogens (tertiary/aromatic N) is 1. The minimum Gasteiger partial charge on any atom is -0.342 e. The molecule has 0 spiro atoms. The lowest BCUT2D eigenvalue weighted by atomic mass is 10.1. The van der Waals surface area contributed by atoms with E-state index in [1.807, 2.05) is 4.72 Å². The summed E-state index contributed by atoms with van der Waals surface area (Å²) in [6, 6.07) is 7.14. The predicted octanol–water partition coefficient (Wildman–Crippen LogP) is 6.30. The third-order valence-corrected chi connectivity index (χ3v) is 8.73. The second-order valence-electron chi connectivity index (χ2n) is 7.57. The summed E-state index contributed by atoms with van der Waals surface area (Å²) >= 11 is 12.3. The van der Waals surface area contributed by atoms with E-state index in [4.69, 9.17) is 23.2 Å². The largest absolute Gasteiger partial charge is 0.342 e. The van der Waals surface area contributed by atoms with Gasteiger partial charge in [-0.05, 0) is 54.5 Å². The topological polar surface area (TPSA) is 68.2 Å². The van der Waals surface area contributed by atoms with Crippen LogP contribution in [0.15, 0.2) is 52.9 Å². The van der Waals surface area contributed by atoms with Crippen molar-refractivity contribution in [2.45, 2.75) is 17.7 Å². The van der Waals surface area contributed by atoms with Crippen LogP contribution < -0.4 is 4.72 Å². The zero-order chi connectivity index (χ0) is 25.5. The van der Waals surface area contributed by atoms with Crippen LogP contribution in [0, 0.1) is 24.4 Å². The normalized spacial score (nSPS) is 12.1. The van der Waals surface area contributed by atoms with Crippen LogP contribution in [-0.2, 0) is 21.4 Å². The van der Waals surface area contributed by atoms with Crippen LogP contribution in [-0.4, -0.2) is 18.9 Å². The van der Waals surface area contributed by atoms with Crippen LogP contribution in [0.1, 0.15) is 16.7 Å². The first kappa shape index (κ1) is 25.3. The number of amides is 1. The Hall–Kier alpha value is -2.79.